The van der Waals surface area contributed by atoms with Crippen LogP contribution >= 0.6 is 0 Å². The molecule has 0 radical (unpaired) electrons. The zero-order valence-corrected chi connectivity index (χ0v) is 16.7. The van der Waals surface area contributed by atoms with Gasteiger partial charge < -0.3 is 19.4 Å². The molecule has 0 amide bonds. The lowest BCUT2D eigenvalue weighted by atomic mass is 10.0. The Morgan fingerprint density at radius 1 is 1.23 bits per heavy atom. The highest BCUT2D eigenvalue weighted by Gasteiger charge is 2.24. The summed E-state index contributed by atoms with van der Waals surface area (Å²) >= 11 is 0. The van der Waals surface area contributed by atoms with Crippen LogP contribution < -0.4 is 0 Å². The number of methoxy groups -OCH3 is 2. The summed E-state index contributed by atoms with van der Waals surface area (Å²) in [4.78, 5) is 31.0. The largest absolute Gasteiger partial charge is 0.481 e. The first-order valence-corrected chi connectivity index (χ1v) is 9.14. The van der Waals surface area contributed by atoms with Crippen LogP contribution in [0.3, 0.4) is 0 Å². The predicted octanol–water partition coefficient (Wildman–Crippen LogP) is 3.31. The number of benzene rings is 1. The number of unbranched alkanes of at least 4 members (excludes halogenated alkanes) is 1. The summed E-state index contributed by atoms with van der Waals surface area (Å²) in [6, 6.07) is 8.00. The first-order valence-electron chi connectivity index (χ1n) is 9.14. The van der Waals surface area contributed by atoms with Gasteiger partial charge in [0.2, 0.25) is 0 Å². The number of rotatable bonds is 12. The fourth-order valence-electron chi connectivity index (χ4n) is 2.73. The lowest BCUT2D eigenvalue weighted by Gasteiger charge is -2.15. The number of nitrogens with zero attached hydrogens (tertiary/aromatic N) is 3. The van der Waals surface area contributed by atoms with E-state index in [1.165, 1.54) is 20.3 Å². The van der Waals surface area contributed by atoms with E-state index in [1.807, 2.05) is 0 Å². The van der Waals surface area contributed by atoms with Gasteiger partial charge in [0.15, 0.2) is 6.29 Å². The van der Waals surface area contributed by atoms with Crippen LogP contribution in [0, 0.1) is 10.1 Å². The minimum atomic E-state index is -0.933. The van der Waals surface area contributed by atoms with E-state index in [1.54, 1.807) is 36.7 Å². The summed E-state index contributed by atoms with van der Waals surface area (Å²) in [5.74, 6) is -0.862. The van der Waals surface area contributed by atoms with Gasteiger partial charge in [-0.05, 0) is 37.1 Å². The number of ether oxygens (including phenoxy) is 2. The van der Waals surface area contributed by atoms with Crippen molar-refractivity contribution in [2.45, 2.75) is 25.6 Å². The van der Waals surface area contributed by atoms with Gasteiger partial charge >= 0.3 is 5.97 Å². The standard InChI is InChI=1S/C20H23N3O7/c1-28-20(29-2)16-12-14(8-9-17(16)23(26)27)19(15-6-5-10-21-13-15)22-30-11-4-3-7-18(24)25/h5-6,8-10,12-13,20H,3-4,7,11H2,1-2H3,(H,24,25)/b22-19-. The highest BCUT2D eigenvalue weighted by molar-refractivity contribution is 6.12. The van der Waals surface area contributed by atoms with E-state index >= 15 is 0 Å². The number of carboxylic acid groups (broad SMARTS) is 1. The number of nitro benzene ring substituents is 1. The van der Waals surface area contributed by atoms with Crippen LogP contribution in [0.15, 0.2) is 47.9 Å². The smallest absolute Gasteiger partial charge is 0.303 e. The van der Waals surface area contributed by atoms with Crippen LogP contribution in [0.2, 0.25) is 0 Å². The van der Waals surface area contributed by atoms with E-state index in [9.17, 15) is 14.9 Å². The molecule has 0 spiro atoms. The molecule has 0 saturated carbocycles. The Morgan fingerprint density at radius 2 is 2.00 bits per heavy atom. The fraction of sp³-hybridized carbons (Fsp3) is 0.350. The molecule has 2 rings (SSSR count). The molecular weight excluding hydrogens is 394 g/mol. The van der Waals surface area contributed by atoms with Crippen LogP contribution in [0.4, 0.5) is 5.69 Å². The van der Waals surface area contributed by atoms with Crippen molar-refractivity contribution in [1.29, 1.82) is 0 Å². The Bertz CT molecular complexity index is 883. The molecule has 160 valence electrons. The van der Waals surface area contributed by atoms with Gasteiger partial charge in [-0.3, -0.25) is 19.9 Å². The average Bonchev–Trinajstić information content (AvgIpc) is 2.74. The first-order chi connectivity index (χ1) is 14.5. The first kappa shape index (κ1) is 22.9. The summed E-state index contributed by atoms with van der Waals surface area (Å²) in [7, 11) is 2.78. The van der Waals surface area contributed by atoms with Crippen LogP contribution in [0.1, 0.15) is 42.2 Å². The van der Waals surface area contributed by atoms with Crippen molar-refractivity contribution in [3.63, 3.8) is 0 Å². The van der Waals surface area contributed by atoms with E-state index in [4.69, 9.17) is 19.4 Å². The number of aliphatic carboxylic acids is 1. The lowest BCUT2D eigenvalue weighted by molar-refractivity contribution is -0.387. The van der Waals surface area contributed by atoms with E-state index in [0.29, 0.717) is 29.7 Å². The molecule has 0 atom stereocenters. The second-order valence-electron chi connectivity index (χ2n) is 6.20. The fourth-order valence-corrected chi connectivity index (χ4v) is 2.73. The third-order valence-corrected chi connectivity index (χ3v) is 4.15. The lowest BCUT2D eigenvalue weighted by Crippen LogP contribution is -2.11. The summed E-state index contributed by atoms with van der Waals surface area (Å²) in [5.41, 5.74) is 1.71. The summed E-state index contributed by atoms with van der Waals surface area (Å²) < 4.78 is 10.4. The highest BCUT2D eigenvalue weighted by atomic mass is 16.7. The van der Waals surface area contributed by atoms with Gasteiger partial charge in [0.05, 0.1) is 10.5 Å². The van der Waals surface area contributed by atoms with Gasteiger partial charge in [-0.25, -0.2) is 0 Å². The van der Waals surface area contributed by atoms with Crippen molar-refractivity contribution in [2.24, 2.45) is 5.16 Å². The molecule has 0 unspecified atom stereocenters. The minimum Gasteiger partial charge on any atom is -0.481 e. The number of hydrogen-bond donors (Lipinski definition) is 1. The molecule has 1 heterocycles. The number of oxime groups is 1. The maximum Gasteiger partial charge on any atom is 0.303 e. The van der Waals surface area contributed by atoms with Gasteiger partial charge in [0.1, 0.15) is 12.3 Å². The Morgan fingerprint density at radius 3 is 2.60 bits per heavy atom. The third kappa shape index (κ3) is 6.33. The van der Waals surface area contributed by atoms with Gasteiger partial charge in [0.25, 0.3) is 5.69 Å². The monoisotopic (exact) mass is 417 g/mol. The Labute approximate surface area is 173 Å². The Kier molecular flexibility index (Phi) is 8.85. The van der Waals surface area contributed by atoms with Gasteiger partial charge in [0, 0.05) is 50.2 Å². The molecule has 10 heteroatoms. The second-order valence-corrected chi connectivity index (χ2v) is 6.20. The molecule has 1 aromatic heterocycles. The normalized spacial score (nSPS) is 11.5. The van der Waals surface area contributed by atoms with E-state index in [2.05, 4.69) is 10.1 Å². The number of carboxylic acids is 1. The zero-order chi connectivity index (χ0) is 21.9. The Hall–Kier alpha value is -3.37. The minimum absolute atomic E-state index is 0.0592. The van der Waals surface area contributed by atoms with Crippen LogP contribution in [0.5, 0.6) is 0 Å². The molecule has 10 nitrogen and oxygen atoms in total. The van der Waals surface area contributed by atoms with Crippen LogP contribution in [-0.4, -0.2) is 47.5 Å². The third-order valence-electron chi connectivity index (χ3n) is 4.15. The molecule has 0 aliphatic carbocycles. The molecule has 0 aliphatic rings. The summed E-state index contributed by atoms with van der Waals surface area (Å²) in [5, 5.41) is 24.3. The van der Waals surface area contributed by atoms with Crippen molar-refractivity contribution in [3.8, 4) is 0 Å². The molecule has 0 bridgehead atoms. The Balaban J connectivity index is 2.36. The quantitative estimate of drug-likeness (QED) is 0.183. The molecule has 1 aromatic carbocycles. The molecule has 30 heavy (non-hydrogen) atoms. The number of pyridine rings is 1. The topological polar surface area (TPSA) is 133 Å². The molecule has 0 aliphatic heterocycles. The summed E-state index contributed by atoms with van der Waals surface area (Å²) in [6.07, 6.45) is 3.33. The maximum absolute atomic E-state index is 11.4. The number of aromatic nitrogens is 1. The molecule has 0 saturated heterocycles. The van der Waals surface area contributed by atoms with Crippen molar-refractivity contribution < 1.29 is 29.1 Å². The second kappa shape index (κ2) is 11.6. The molecular formula is C20H23N3O7. The predicted molar refractivity (Wildman–Crippen MR) is 107 cm³/mol. The van der Waals surface area contributed by atoms with Crippen molar-refractivity contribution in [2.75, 3.05) is 20.8 Å². The van der Waals surface area contributed by atoms with Crippen LogP contribution in [0.25, 0.3) is 0 Å². The van der Waals surface area contributed by atoms with Gasteiger partial charge in [-0.2, -0.15) is 0 Å². The zero-order valence-electron chi connectivity index (χ0n) is 16.7. The van der Waals surface area contributed by atoms with Crippen molar-refractivity contribution in [1.82, 2.24) is 4.98 Å². The SMILES string of the molecule is COC(OC)c1cc(/C(=N/OCCCCC(=O)O)c2cccnc2)ccc1[N+](=O)[O-]. The highest BCUT2D eigenvalue weighted by Crippen LogP contribution is 2.29. The number of nitro groups is 1. The van der Waals surface area contributed by atoms with Crippen LogP contribution in [-0.2, 0) is 19.1 Å². The maximum atomic E-state index is 11.4. The molecule has 2 aromatic rings. The van der Waals surface area contributed by atoms with Gasteiger partial charge in [-0.15, -0.1) is 0 Å². The van der Waals surface area contributed by atoms with Crippen molar-refractivity contribution in [3.05, 3.63) is 69.5 Å². The summed E-state index contributed by atoms with van der Waals surface area (Å²) in [6.45, 7) is 0.232. The van der Waals surface area contributed by atoms with Crippen molar-refractivity contribution >= 4 is 17.4 Å². The molecule has 0 fully saturated rings. The molecule has 1 N–H and O–H groups in total. The number of hydrogen-bond acceptors (Lipinski definition) is 8. The average molecular weight is 417 g/mol. The number of carbonyl (C=O) groups is 1. The van der Waals surface area contributed by atoms with E-state index < -0.39 is 17.2 Å². The van der Waals surface area contributed by atoms with E-state index in [0.717, 1.165) is 0 Å². The van der Waals surface area contributed by atoms with E-state index in [-0.39, 0.29) is 24.3 Å². The van der Waals surface area contributed by atoms with Gasteiger partial charge in [-0.1, -0.05) is 5.16 Å².